The topological polar surface area (TPSA) is 20.2 Å². The Morgan fingerprint density at radius 3 is 3.00 bits per heavy atom. The summed E-state index contributed by atoms with van der Waals surface area (Å²) in [5.74, 6) is 1.99. The second-order valence-corrected chi connectivity index (χ2v) is 6.45. The van der Waals surface area contributed by atoms with Crippen molar-refractivity contribution in [3.05, 3.63) is 20.8 Å². The maximum atomic E-state index is 10.1. The SMILES string of the molecule is OC1(Cc2cc(Br)cs2)CCSC1. The van der Waals surface area contributed by atoms with Crippen LogP contribution in [0.15, 0.2) is 15.9 Å². The molecule has 0 amide bonds. The second kappa shape index (κ2) is 3.93. The zero-order chi connectivity index (χ0) is 9.31. The highest BCUT2D eigenvalue weighted by Crippen LogP contribution is 2.33. The fraction of sp³-hybridized carbons (Fsp3) is 0.556. The molecule has 1 saturated heterocycles. The van der Waals surface area contributed by atoms with Gasteiger partial charge in [-0.15, -0.1) is 11.3 Å². The molecule has 2 rings (SSSR count). The monoisotopic (exact) mass is 278 g/mol. The first-order valence-corrected chi connectivity index (χ1v) is 7.04. The zero-order valence-corrected chi connectivity index (χ0v) is 10.3. The van der Waals surface area contributed by atoms with Gasteiger partial charge in [-0.1, -0.05) is 0 Å². The van der Waals surface area contributed by atoms with E-state index in [1.165, 1.54) is 4.88 Å². The second-order valence-electron chi connectivity index (χ2n) is 3.43. The fourth-order valence-electron chi connectivity index (χ4n) is 1.51. The largest absolute Gasteiger partial charge is 0.389 e. The van der Waals surface area contributed by atoms with Crippen molar-refractivity contribution in [1.29, 1.82) is 0 Å². The summed E-state index contributed by atoms with van der Waals surface area (Å²) in [7, 11) is 0. The Morgan fingerprint density at radius 2 is 2.46 bits per heavy atom. The smallest absolute Gasteiger partial charge is 0.0793 e. The van der Waals surface area contributed by atoms with Gasteiger partial charge in [-0.3, -0.25) is 0 Å². The molecule has 1 aromatic rings. The summed E-state index contributed by atoms with van der Waals surface area (Å²) in [6.45, 7) is 0. The van der Waals surface area contributed by atoms with Gasteiger partial charge in [0.05, 0.1) is 5.60 Å². The minimum Gasteiger partial charge on any atom is -0.389 e. The van der Waals surface area contributed by atoms with Gasteiger partial charge in [0, 0.05) is 26.9 Å². The molecule has 0 aliphatic carbocycles. The summed E-state index contributed by atoms with van der Waals surface area (Å²) in [6.07, 6.45) is 1.75. The summed E-state index contributed by atoms with van der Waals surface area (Å²) in [4.78, 5) is 1.27. The standard InChI is InChI=1S/C9H11BrOS2/c10-7-3-8(13-5-7)4-9(11)1-2-12-6-9/h3,5,11H,1-2,4,6H2. The Bertz CT molecular complexity index is 292. The highest BCUT2D eigenvalue weighted by molar-refractivity contribution is 9.10. The van der Waals surface area contributed by atoms with Gasteiger partial charge in [0.1, 0.15) is 0 Å². The van der Waals surface area contributed by atoms with Gasteiger partial charge in [0.15, 0.2) is 0 Å². The van der Waals surface area contributed by atoms with Crippen LogP contribution >= 0.6 is 39.0 Å². The molecule has 2 heterocycles. The third-order valence-corrected chi connectivity index (χ3v) is 5.14. The quantitative estimate of drug-likeness (QED) is 0.898. The molecule has 13 heavy (non-hydrogen) atoms. The van der Waals surface area contributed by atoms with Gasteiger partial charge in [-0.05, 0) is 34.2 Å². The summed E-state index contributed by atoms with van der Waals surface area (Å²) in [5, 5.41) is 12.2. The Labute approximate surface area is 94.7 Å². The van der Waals surface area contributed by atoms with Crippen LogP contribution in [0, 0.1) is 0 Å². The number of aliphatic hydroxyl groups is 1. The zero-order valence-electron chi connectivity index (χ0n) is 7.12. The molecule has 0 bridgehead atoms. The normalized spacial score (nSPS) is 28.2. The third kappa shape index (κ3) is 2.49. The van der Waals surface area contributed by atoms with E-state index in [0.717, 1.165) is 28.8 Å². The summed E-state index contributed by atoms with van der Waals surface area (Å²) < 4.78 is 1.13. The average Bonchev–Trinajstić information content (AvgIpc) is 2.62. The molecule has 1 fully saturated rings. The average molecular weight is 279 g/mol. The molecule has 1 atom stereocenters. The van der Waals surface area contributed by atoms with E-state index in [1.54, 1.807) is 11.3 Å². The lowest BCUT2D eigenvalue weighted by Gasteiger charge is -2.19. The molecule has 4 heteroatoms. The minimum atomic E-state index is -0.436. The lowest BCUT2D eigenvalue weighted by atomic mass is 9.98. The number of thioether (sulfide) groups is 1. The minimum absolute atomic E-state index is 0.436. The van der Waals surface area contributed by atoms with Crippen molar-refractivity contribution in [2.45, 2.75) is 18.4 Å². The molecular formula is C9H11BrOS2. The molecule has 1 unspecified atom stereocenters. The molecule has 0 spiro atoms. The maximum Gasteiger partial charge on any atom is 0.0793 e. The van der Waals surface area contributed by atoms with Crippen LogP contribution < -0.4 is 0 Å². The van der Waals surface area contributed by atoms with E-state index in [9.17, 15) is 5.11 Å². The first-order valence-electron chi connectivity index (χ1n) is 4.21. The van der Waals surface area contributed by atoms with Crippen LogP contribution in [0.25, 0.3) is 0 Å². The van der Waals surface area contributed by atoms with Crippen LogP contribution in [-0.2, 0) is 6.42 Å². The van der Waals surface area contributed by atoms with Crippen LogP contribution in [0.3, 0.4) is 0 Å². The summed E-state index contributed by atoms with van der Waals surface area (Å²) >= 11 is 6.99. The van der Waals surface area contributed by atoms with Crippen LogP contribution in [-0.4, -0.2) is 22.2 Å². The van der Waals surface area contributed by atoms with Crippen molar-refractivity contribution in [2.75, 3.05) is 11.5 Å². The van der Waals surface area contributed by atoms with Crippen LogP contribution in [0.4, 0.5) is 0 Å². The Morgan fingerprint density at radius 1 is 1.62 bits per heavy atom. The maximum absolute atomic E-state index is 10.1. The van der Waals surface area contributed by atoms with Crippen molar-refractivity contribution >= 4 is 39.0 Å². The molecule has 1 nitrogen and oxygen atoms in total. The molecule has 1 aromatic heterocycles. The molecule has 1 aliphatic heterocycles. The van der Waals surface area contributed by atoms with E-state index < -0.39 is 5.60 Å². The number of rotatable bonds is 2. The van der Waals surface area contributed by atoms with Gasteiger partial charge in [-0.2, -0.15) is 11.8 Å². The van der Waals surface area contributed by atoms with Crippen LogP contribution in [0.1, 0.15) is 11.3 Å². The van der Waals surface area contributed by atoms with E-state index in [4.69, 9.17) is 0 Å². The predicted molar refractivity (Wildman–Crippen MR) is 62.6 cm³/mol. The molecule has 0 saturated carbocycles. The van der Waals surface area contributed by atoms with Gasteiger partial charge in [-0.25, -0.2) is 0 Å². The van der Waals surface area contributed by atoms with E-state index in [0.29, 0.717) is 0 Å². The van der Waals surface area contributed by atoms with Crippen molar-refractivity contribution in [2.24, 2.45) is 0 Å². The number of hydrogen-bond donors (Lipinski definition) is 1. The van der Waals surface area contributed by atoms with Crippen molar-refractivity contribution < 1.29 is 5.11 Å². The molecule has 72 valence electrons. The third-order valence-electron chi connectivity index (χ3n) is 2.21. The van der Waals surface area contributed by atoms with Crippen molar-refractivity contribution in [3.8, 4) is 0 Å². The van der Waals surface area contributed by atoms with E-state index >= 15 is 0 Å². The number of hydrogen-bond acceptors (Lipinski definition) is 3. The molecule has 0 aromatic carbocycles. The molecule has 1 aliphatic rings. The highest BCUT2D eigenvalue weighted by Gasteiger charge is 2.32. The number of halogens is 1. The Hall–Kier alpha value is 0.490. The lowest BCUT2D eigenvalue weighted by molar-refractivity contribution is 0.0695. The van der Waals surface area contributed by atoms with E-state index in [-0.39, 0.29) is 0 Å². The molecule has 0 radical (unpaired) electrons. The summed E-state index contributed by atoms with van der Waals surface area (Å²) in [6, 6.07) is 2.10. The van der Waals surface area contributed by atoms with Gasteiger partial charge in [0.2, 0.25) is 0 Å². The van der Waals surface area contributed by atoms with Crippen LogP contribution in [0.2, 0.25) is 0 Å². The first-order chi connectivity index (χ1) is 6.18. The molecule has 1 N–H and O–H groups in total. The van der Waals surface area contributed by atoms with Crippen LogP contribution in [0.5, 0.6) is 0 Å². The van der Waals surface area contributed by atoms with Crippen molar-refractivity contribution in [1.82, 2.24) is 0 Å². The van der Waals surface area contributed by atoms with Gasteiger partial charge >= 0.3 is 0 Å². The predicted octanol–water partition coefficient (Wildman–Crippen LogP) is 2.92. The molecular weight excluding hydrogens is 268 g/mol. The summed E-state index contributed by atoms with van der Waals surface area (Å²) in [5.41, 5.74) is -0.436. The Kier molecular flexibility index (Phi) is 3.03. The highest BCUT2D eigenvalue weighted by atomic mass is 79.9. The van der Waals surface area contributed by atoms with Crippen molar-refractivity contribution in [3.63, 3.8) is 0 Å². The van der Waals surface area contributed by atoms with Gasteiger partial charge in [0.25, 0.3) is 0 Å². The number of thiophene rings is 1. The van der Waals surface area contributed by atoms with E-state index in [1.807, 2.05) is 11.8 Å². The lowest BCUT2D eigenvalue weighted by Crippen LogP contribution is -2.30. The first kappa shape index (κ1) is 10.0. The Balaban J connectivity index is 2.04. The fourth-order valence-corrected chi connectivity index (χ4v) is 4.39. The van der Waals surface area contributed by atoms with Gasteiger partial charge < -0.3 is 5.11 Å². The van der Waals surface area contributed by atoms with E-state index in [2.05, 4.69) is 27.4 Å².